The zero-order valence-electron chi connectivity index (χ0n) is 25.4. The predicted molar refractivity (Wildman–Crippen MR) is 156 cm³/mol. The number of benzene rings is 1. The number of ether oxygens (including phenoxy) is 5. The second-order valence-electron chi connectivity index (χ2n) is 11.0. The number of aliphatic hydroxyl groups is 1. The van der Waals surface area contributed by atoms with Crippen LogP contribution >= 0.6 is 0 Å². The summed E-state index contributed by atoms with van der Waals surface area (Å²) < 4.78 is 28.5. The van der Waals surface area contributed by atoms with Crippen LogP contribution in [0.5, 0.6) is 0 Å². The molecule has 10 nitrogen and oxygen atoms in total. The van der Waals surface area contributed by atoms with Crippen LogP contribution < -0.4 is 0 Å². The highest BCUT2D eigenvalue weighted by Gasteiger charge is 2.48. The largest absolute Gasteiger partial charge is 0.462 e. The van der Waals surface area contributed by atoms with Crippen molar-refractivity contribution in [3.8, 4) is 0 Å². The molecule has 3 rings (SSSR count). The number of hydrogen-bond donors (Lipinski definition) is 1. The van der Waals surface area contributed by atoms with E-state index in [-0.39, 0.29) is 5.57 Å². The van der Waals surface area contributed by atoms with Gasteiger partial charge < -0.3 is 28.8 Å². The number of hydrogen-bond acceptors (Lipinski definition) is 10. The summed E-state index contributed by atoms with van der Waals surface area (Å²) in [5.41, 5.74) is 2.58. The molecule has 0 amide bonds. The minimum absolute atomic E-state index is 0.187. The zero-order valence-corrected chi connectivity index (χ0v) is 25.4. The predicted octanol–water partition coefficient (Wildman–Crippen LogP) is 4.73. The molecule has 0 saturated heterocycles. The lowest BCUT2D eigenvalue weighted by Gasteiger charge is -2.42. The van der Waals surface area contributed by atoms with E-state index in [1.807, 2.05) is 20.8 Å². The van der Waals surface area contributed by atoms with E-state index in [0.29, 0.717) is 24.0 Å². The maximum Gasteiger partial charge on any atom is 0.338 e. The van der Waals surface area contributed by atoms with Crippen LogP contribution in [0.1, 0.15) is 64.7 Å². The maximum atomic E-state index is 13.0. The third kappa shape index (κ3) is 8.90. The van der Waals surface area contributed by atoms with Crippen LogP contribution in [0.3, 0.4) is 0 Å². The van der Waals surface area contributed by atoms with Gasteiger partial charge in [0.05, 0.1) is 17.7 Å². The fraction of sp³-hybridized carbons (Fsp3) is 0.455. The van der Waals surface area contributed by atoms with Gasteiger partial charge in [-0.05, 0) is 63.5 Å². The van der Waals surface area contributed by atoms with Gasteiger partial charge in [-0.2, -0.15) is 0 Å². The third-order valence-corrected chi connectivity index (χ3v) is 7.17. The van der Waals surface area contributed by atoms with Crippen LogP contribution in [-0.4, -0.2) is 59.7 Å². The number of aliphatic hydroxyl groups excluding tert-OH is 1. The lowest BCUT2D eigenvalue weighted by atomic mass is 9.73. The Morgan fingerprint density at radius 1 is 0.977 bits per heavy atom. The van der Waals surface area contributed by atoms with E-state index in [1.54, 1.807) is 42.5 Å². The van der Waals surface area contributed by atoms with Crippen LogP contribution in [0.25, 0.3) is 0 Å². The summed E-state index contributed by atoms with van der Waals surface area (Å²) in [6.07, 6.45) is -0.189. The monoisotopic (exact) mass is 596 g/mol. The van der Waals surface area contributed by atoms with Crippen LogP contribution in [0.2, 0.25) is 0 Å². The number of carbonyl (C=O) groups excluding carboxylic acids is 4. The van der Waals surface area contributed by atoms with Crippen molar-refractivity contribution in [2.45, 2.75) is 85.1 Å². The fourth-order valence-corrected chi connectivity index (χ4v) is 5.35. The van der Waals surface area contributed by atoms with E-state index in [1.165, 1.54) is 27.0 Å². The normalized spacial score (nSPS) is 26.1. The first-order chi connectivity index (χ1) is 20.3. The zero-order chi connectivity index (χ0) is 31.8. The molecule has 0 aromatic heterocycles. The molecule has 1 aliphatic carbocycles. The molecule has 1 aliphatic heterocycles. The molecule has 1 aromatic carbocycles. The van der Waals surface area contributed by atoms with Gasteiger partial charge in [-0.15, -0.1) is 0 Å². The molecule has 232 valence electrons. The van der Waals surface area contributed by atoms with Gasteiger partial charge in [0.15, 0.2) is 18.3 Å². The van der Waals surface area contributed by atoms with E-state index >= 15 is 0 Å². The lowest BCUT2D eigenvalue weighted by molar-refractivity contribution is -0.184. The van der Waals surface area contributed by atoms with Crippen molar-refractivity contribution in [3.63, 3.8) is 0 Å². The van der Waals surface area contributed by atoms with Crippen LogP contribution in [-0.2, 0) is 38.1 Å². The molecular weight excluding hydrogens is 556 g/mol. The molecule has 0 fully saturated rings. The number of carbonyl (C=O) groups is 4. The highest BCUT2D eigenvalue weighted by molar-refractivity contribution is 5.89. The molecule has 7 atom stereocenters. The average molecular weight is 597 g/mol. The Labute approximate surface area is 252 Å². The molecule has 0 bridgehead atoms. The Bertz CT molecular complexity index is 1300. The molecule has 0 saturated carbocycles. The van der Waals surface area contributed by atoms with Gasteiger partial charge in [-0.25, -0.2) is 4.79 Å². The van der Waals surface area contributed by atoms with Gasteiger partial charge in [-0.3, -0.25) is 14.4 Å². The SMILES string of the molecule is C=C1[C@@H]2[C@H](OC(C)=O)OC=C([C@H](OC(C)=O)[C@@H](C=C(C)C)OC(C)=O)[C@H]2CC/C(C)=C\[C@@H](OC(=O)c2ccccc2)[C@H]1O. The Hall–Kier alpha value is -4.18. The molecule has 0 radical (unpaired) electrons. The summed E-state index contributed by atoms with van der Waals surface area (Å²) in [4.78, 5) is 49.4. The first-order valence-electron chi connectivity index (χ1n) is 14.1. The minimum Gasteiger partial charge on any atom is -0.462 e. The van der Waals surface area contributed by atoms with Gasteiger partial charge in [0.25, 0.3) is 0 Å². The van der Waals surface area contributed by atoms with Crippen LogP contribution in [0.4, 0.5) is 0 Å². The Kier molecular flexibility index (Phi) is 11.5. The quantitative estimate of drug-likeness (QED) is 0.255. The summed E-state index contributed by atoms with van der Waals surface area (Å²) in [6.45, 7) is 13.4. The summed E-state index contributed by atoms with van der Waals surface area (Å²) >= 11 is 0. The Morgan fingerprint density at radius 2 is 1.63 bits per heavy atom. The second-order valence-corrected chi connectivity index (χ2v) is 11.0. The van der Waals surface area contributed by atoms with Gasteiger partial charge >= 0.3 is 23.9 Å². The van der Waals surface area contributed by atoms with E-state index in [4.69, 9.17) is 23.7 Å². The topological polar surface area (TPSA) is 135 Å². The van der Waals surface area contributed by atoms with E-state index in [0.717, 1.165) is 11.1 Å². The van der Waals surface area contributed by atoms with Crippen molar-refractivity contribution in [2.24, 2.45) is 11.8 Å². The molecule has 1 N–H and O–H groups in total. The van der Waals surface area contributed by atoms with Gasteiger partial charge in [0, 0.05) is 32.3 Å². The number of fused-ring (bicyclic) bond motifs is 1. The number of rotatable bonds is 8. The molecule has 0 unspecified atom stereocenters. The first-order valence-corrected chi connectivity index (χ1v) is 14.1. The van der Waals surface area contributed by atoms with Gasteiger partial charge in [-0.1, -0.05) is 35.9 Å². The van der Waals surface area contributed by atoms with Crippen LogP contribution in [0.15, 0.2) is 77.6 Å². The summed E-state index contributed by atoms with van der Waals surface area (Å²) in [5.74, 6) is -3.85. The molecule has 1 aromatic rings. The van der Waals surface area contributed by atoms with E-state index in [2.05, 4.69) is 6.58 Å². The second kappa shape index (κ2) is 14.8. The van der Waals surface area contributed by atoms with Crippen molar-refractivity contribution < 1.29 is 48.0 Å². The maximum absolute atomic E-state index is 13.0. The van der Waals surface area contributed by atoms with Crippen molar-refractivity contribution in [1.29, 1.82) is 0 Å². The van der Waals surface area contributed by atoms with Gasteiger partial charge in [0.1, 0.15) is 6.10 Å². The smallest absolute Gasteiger partial charge is 0.338 e. The minimum atomic E-state index is -1.41. The molecule has 43 heavy (non-hydrogen) atoms. The van der Waals surface area contributed by atoms with E-state index in [9.17, 15) is 24.3 Å². The van der Waals surface area contributed by atoms with Crippen molar-refractivity contribution in [1.82, 2.24) is 0 Å². The van der Waals surface area contributed by atoms with Crippen molar-refractivity contribution in [3.05, 3.63) is 83.2 Å². The molecular formula is C33H40O10. The first kappa shape index (κ1) is 33.3. The average Bonchev–Trinajstić information content (AvgIpc) is 2.96. The molecule has 1 heterocycles. The lowest BCUT2D eigenvalue weighted by Crippen LogP contribution is -2.47. The summed E-state index contributed by atoms with van der Waals surface area (Å²) in [7, 11) is 0. The highest BCUT2D eigenvalue weighted by Crippen LogP contribution is 2.44. The fourth-order valence-electron chi connectivity index (χ4n) is 5.35. The number of allylic oxidation sites excluding steroid dienone is 2. The van der Waals surface area contributed by atoms with Crippen molar-refractivity contribution >= 4 is 23.9 Å². The summed E-state index contributed by atoms with van der Waals surface area (Å²) in [6, 6.07) is 8.39. The summed E-state index contributed by atoms with van der Waals surface area (Å²) in [5, 5.41) is 11.6. The molecule has 0 spiro atoms. The third-order valence-electron chi connectivity index (χ3n) is 7.17. The highest BCUT2D eigenvalue weighted by atomic mass is 16.7. The number of esters is 4. The van der Waals surface area contributed by atoms with Crippen LogP contribution in [0, 0.1) is 11.8 Å². The standard InChI is InChI=1S/C33H40O10/c1-18(2)15-28(40-21(5)34)31(41-22(6)35)26-17-39-33(42-23(7)36)29-20(4)30(37)27(16-19(3)13-14-25(26)29)43-32(38)24-11-9-8-10-12-24/h8-12,15-17,25,27-31,33,37H,4,13-14H2,1-3,5-7H3/b19-16-/t25-,27-,28-,29+,30+,31+,33+/m1/s1. The molecule has 10 heteroatoms. The Morgan fingerprint density at radius 3 is 2.21 bits per heavy atom. The van der Waals surface area contributed by atoms with Gasteiger partial charge in [0.2, 0.25) is 6.29 Å². The van der Waals surface area contributed by atoms with E-state index < -0.39 is 66.4 Å². The Balaban J connectivity index is 2.09. The van der Waals surface area contributed by atoms with Crippen molar-refractivity contribution in [2.75, 3.05) is 0 Å². The molecule has 2 aliphatic rings.